The van der Waals surface area contributed by atoms with Gasteiger partial charge in [0.1, 0.15) is 6.04 Å². The molecule has 0 aromatic rings. The Morgan fingerprint density at radius 3 is 2.20 bits per heavy atom. The fourth-order valence-corrected chi connectivity index (χ4v) is 0.931. The highest BCUT2D eigenvalue weighted by atomic mass is 16.7. The molecule has 9 nitrogen and oxygen atoms in total. The molecule has 9 heteroatoms. The number of aliphatic carboxylic acids is 1. The van der Waals surface area contributed by atoms with E-state index in [2.05, 4.69) is 14.2 Å². The highest BCUT2D eigenvalue weighted by molar-refractivity contribution is 5.91. The van der Waals surface area contributed by atoms with E-state index in [1.165, 1.54) is 6.92 Å². The van der Waals surface area contributed by atoms with Gasteiger partial charge in [-0.15, -0.1) is 0 Å². The van der Waals surface area contributed by atoms with Crippen LogP contribution in [0.4, 0.5) is 0 Å². The molecule has 0 amide bonds. The van der Waals surface area contributed by atoms with Gasteiger partial charge in [-0.3, -0.25) is 9.59 Å². The van der Waals surface area contributed by atoms with Crippen molar-refractivity contribution < 1.29 is 38.5 Å². The van der Waals surface area contributed by atoms with Crippen LogP contribution in [-0.4, -0.2) is 48.4 Å². The SMILES string of the molecule is COC(=O)/C=C/C(=O)OC(C)OC(=O)C[C@H](N)C(=O)O. The van der Waals surface area contributed by atoms with Crippen LogP contribution in [0.25, 0.3) is 0 Å². The van der Waals surface area contributed by atoms with Crippen molar-refractivity contribution in [3.8, 4) is 0 Å². The molecule has 2 atom stereocenters. The molecule has 1 unspecified atom stereocenters. The van der Waals surface area contributed by atoms with Gasteiger partial charge in [0.15, 0.2) is 0 Å². The monoisotopic (exact) mass is 289 g/mol. The van der Waals surface area contributed by atoms with Gasteiger partial charge in [-0.25, -0.2) is 9.59 Å². The molecule has 0 aromatic carbocycles. The highest BCUT2D eigenvalue weighted by Gasteiger charge is 2.20. The molecule has 20 heavy (non-hydrogen) atoms. The van der Waals surface area contributed by atoms with E-state index >= 15 is 0 Å². The van der Waals surface area contributed by atoms with Gasteiger partial charge in [0, 0.05) is 19.1 Å². The van der Waals surface area contributed by atoms with Crippen LogP contribution in [0.1, 0.15) is 13.3 Å². The lowest BCUT2D eigenvalue weighted by Gasteiger charge is -2.13. The van der Waals surface area contributed by atoms with Crippen molar-refractivity contribution in [2.24, 2.45) is 5.73 Å². The fourth-order valence-electron chi connectivity index (χ4n) is 0.931. The molecule has 0 radical (unpaired) electrons. The number of esters is 3. The van der Waals surface area contributed by atoms with E-state index in [0.717, 1.165) is 19.3 Å². The molecule has 0 saturated carbocycles. The van der Waals surface area contributed by atoms with E-state index in [-0.39, 0.29) is 0 Å². The number of hydrogen-bond donors (Lipinski definition) is 2. The van der Waals surface area contributed by atoms with Crippen LogP contribution >= 0.6 is 0 Å². The van der Waals surface area contributed by atoms with Crippen LogP contribution in [0, 0.1) is 0 Å². The predicted molar refractivity (Wildman–Crippen MR) is 63.0 cm³/mol. The molecular formula is C11H15NO8. The molecule has 3 N–H and O–H groups in total. The lowest BCUT2D eigenvalue weighted by atomic mass is 10.2. The number of methoxy groups -OCH3 is 1. The van der Waals surface area contributed by atoms with Gasteiger partial charge >= 0.3 is 23.9 Å². The minimum absolute atomic E-state index is 0.560. The van der Waals surface area contributed by atoms with Crippen LogP contribution in [0.5, 0.6) is 0 Å². The van der Waals surface area contributed by atoms with Crippen molar-refractivity contribution >= 4 is 23.9 Å². The van der Waals surface area contributed by atoms with Crippen LogP contribution in [0.2, 0.25) is 0 Å². The third-order valence-electron chi connectivity index (χ3n) is 1.84. The number of nitrogens with two attached hydrogens (primary N) is 1. The molecule has 0 fully saturated rings. The summed E-state index contributed by atoms with van der Waals surface area (Å²) in [5, 5.41) is 8.48. The van der Waals surface area contributed by atoms with Gasteiger partial charge < -0.3 is 25.1 Å². The van der Waals surface area contributed by atoms with Crippen LogP contribution in [0.15, 0.2) is 12.2 Å². The third-order valence-corrected chi connectivity index (χ3v) is 1.84. The second-order valence-corrected chi connectivity index (χ2v) is 3.50. The average Bonchev–Trinajstić information content (AvgIpc) is 2.35. The number of carbonyl (C=O) groups excluding carboxylic acids is 3. The third kappa shape index (κ3) is 7.82. The minimum Gasteiger partial charge on any atom is -0.480 e. The van der Waals surface area contributed by atoms with Crippen molar-refractivity contribution in [2.45, 2.75) is 25.7 Å². The molecule has 0 aliphatic carbocycles. The normalized spacial score (nSPS) is 13.3. The summed E-state index contributed by atoms with van der Waals surface area (Å²) < 4.78 is 13.4. The Morgan fingerprint density at radius 2 is 1.70 bits per heavy atom. The minimum atomic E-state index is -1.40. The van der Waals surface area contributed by atoms with Gasteiger partial charge in [-0.1, -0.05) is 0 Å². The number of rotatable bonds is 7. The number of carbonyl (C=O) groups is 4. The van der Waals surface area contributed by atoms with Crippen molar-refractivity contribution in [3.05, 3.63) is 12.2 Å². The average molecular weight is 289 g/mol. The topological polar surface area (TPSA) is 142 Å². The number of carboxylic acids is 1. The zero-order chi connectivity index (χ0) is 15.7. The summed E-state index contributed by atoms with van der Waals surface area (Å²) in [7, 11) is 1.13. The Hall–Kier alpha value is -2.42. The van der Waals surface area contributed by atoms with Crippen molar-refractivity contribution in [1.82, 2.24) is 0 Å². The predicted octanol–water partition coefficient (Wildman–Crippen LogP) is -1.05. The van der Waals surface area contributed by atoms with Gasteiger partial charge in [0.2, 0.25) is 6.29 Å². The zero-order valence-electron chi connectivity index (χ0n) is 10.9. The second-order valence-electron chi connectivity index (χ2n) is 3.50. The standard InChI is InChI=1S/C11H15NO8/c1-6(19-9(14)4-3-8(13)18-2)20-10(15)5-7(12)11(16)17/h3-4,6-7H,5,12H2,1-2H3,(H,16,17)/b4-3+/t6?,7-/m0/s1. The highest BCUT2D eigenvalue weighted by Crippen LogP contribution is 2.00. The molecule has 0 bridgehead atoms. The number of hydrogen-bond acceptors (Lipinski definition) is 8. The van der Waals surface area contributed by atoms with E-state index in [0.29, 0.717) is 0 Å². The Morgan fingerprint density at radius 1 is 1.15 bits per heavy atom. The molecule has 0 aliphatic rings. The summed E-state index contributed by atoms with van der Waals surface area (Å²) in [5.74, 6) is -3.97. The maximum absolute atomic E-state index is 11.2. The maximum atomic E-state index is 11.2. The van der Waals surface area contributed by atoms with E-state index in [4.69, 9.17) is 10.8 Å². The molecule has 0 saturated heterocycles. The first-order valence-electron chi connectivity index (χ1n) is 5.40. The Labute approximate surface area is 114 Å². The molecule has 0 rings (SSSR count). The first kappa shape index (κ1) is 17.6. The Kier molecular flexibility index (Phi) is 7.60. The van der Waals surface area contributed by atoms with E-state index in [9.17, 15) is 19.2 Å². The molecule has 112 valence electrons. The lowest BCUT2D eigenvalue weighted by Crippen LogP contribution is -2.34. The first-order chi connectivity index (χ1) is 9.26. The van der Waals surface area contributed by atoms with Gasteiger partial charge in [0.25, 0.3) is 0 Å². The summed E-state index contributed by atoms with van der Waals surface area (Å²) in [6.07, 6.45) is -0.190. The number of ether oxygens (including phenoxy) is 3. The summed E-state index contributed by atoms with van der Waals surface area (Å²) >= 11 is 0. The van der Waals surface area contributed by atoms with Crippen molar-refractivity contribution in [2.75, 3.05) is 7.11 Å². The van der Waals surface area contributed by atoms with E-state index in [1.807, 2.05) is 0 Å². The van der Waals surface area contributed by atoms with Gasteiger partial charge in [-0.2, -0.15) is 0 Å². The summed E-state index contributed by atoms with van der Waals surface area (Å²) in [6.45, 7) is 1.24. The zero-order valence-corrected chi connectivity index (χ0v) is 10.9. The number of carboxylic acid groups (broad SMARTS) is 1. The lowest BCUT2D eigenvalue weighted by molar-refractivity contribution is -0.182. The maximum Gasteiger partial charge on any atom is 0.334 e. The molecule has 0 heterocycles. The molecule has 0 aromatic heterocycles. The molecule has 0 aliphatic heterocycles. The fraction of sp³-hybridized carbons (Fsp3) is 0.455. The van der Waals surface area contributed by atoms with Crippen molar-refractivity contribution in [3.63, 3.8) is 0 Å². The van der Waals surface area contributed by atoms with Crippen LogP contribution < -0.4 is 5.73 Å². The van der Waals surface area contributed by atoms with Gasteiger partial charge in [-0.05, 0) is 0 Å². The second kappa shape index (κ2) is 8.64. The van der Waals surface area contributed by atoms with E-state index < -0.39 is 42.6 Å². The van der Waals surface area contributed by atoms with Crippen molar-refractivity contribution in [1.29, 1.82) is 0 Å². The van der Waals surface area contributed by atoms with Crippen LogP contribution in [-0.2, 0) is 33.4 Å². The van der Waals surface area contributed by atoms with Crippen LogP contribution in [0.3, 0.4) is 0 Å². The summed E-state index contributed by atoms with van der Waals surface area (Å²) in [4.78, 5) is 43.5. The molecule has 0 spiro atoms. The summed E-state index contributed by atoms with van der Waals surface area (Å²) in [5.41, 5.74) is 5.12. The largest absolute Gasteiger partial charge is 0.480 e. The quantitative estimate of drug-likeness (QED) is 0.341. The first-order valence-corrected chi connectivity index (χ1v) is 5.40. The van der Waals surface area contributed by atoms with E-state index in [1.54, 1.807) is 0 Å². The smallest absolute Gasteiger partial charge is 0.334 e. The Bertz CT molecular complexity index is 417. The Balaban J connectivity index is 4.16. The molecular weight excluding hydrogens is 274 g/mol. The summed E-state index contributed by atoms with van der Waals surface area (Å²) in [6, 6.07) is -1.40. The van der Waals surface area contributed by atoms with Gasteiger partial charge in [0.05, 0.1) is 13.5 Å².